The highest BCUT2D eigenvalue weighted by Crippen LogP contribution is 2.31. The first-order valence-electron chi connectivity index (χ1n) is 8.12. The molecule has 1 amide bonds. The first kappa shape index (κ1) is 16.5. The van der Waals surface area contributed by atoms with Crippen molar-refractivity contribution in [3.63, 3.8) is 0 Å². The molecule has 0 fully saturated rings. The first-order valence-corrected chi connectivity index (χ1v) is 8.93. The Morgan fingerprint density at radius 1 is 1.17 bits per heavy atom. The molecule has 3 nitrogen and oxygen atoms in total. The van der Waals surface area contributed by atoms with Gasteiger partial charge in [0.15, 0.2) is 0 Å². The van der Waals surface area contributed by atoms with Gasteiger partial charge in [-0.3, -0.25) is 4.79 Å². The smallest absolute Gasteiger partial charge is 0.262 e. The van der Waals surface area contributed by atoms with Crippen LogP contribution in [0, 0.1) is 6.92 Å². The van der Waals surface area contributed by atoms with Crippen LogP contribution < -0.4 is 10.1 Å². The number of ether oxygens (including phenoxy) is 1. The first-order chi connectivity index (χ1) is 11.6. The molecule has 0 aliphatic carbocycles. The van der Waals surface area contributed by atoms with Crippen molar-refractivity contribution in [2.45, 2.75) is 26.8 Å². The van der Waals surface area contributed by atoms with Crippen LogP contribution >= 0.6 is 11.3 Å². The van der Waals surface area contributed by atoms with Gasteiger partial charge in [0.05, 0.1) is 17.5 Å². The van der Waals surface area contributed by atoms with Crippen molar-refractivity contribution in [2.24, 2.45) is 0 Å². The van der Waals surface area contributed by atoms with E-state index in [1.165, 1.54) is 0 Å². The molecule has 2 aromatic carbocycles. The third kappa shape index (κ3) is 3.29. The van der Waals surface area contributed by atoms with Crippen LogP contribution in [0.5, 0.6) is 5.75 Å². The molecule has 0 saturated heterocycles. The molecule has 3 rings (SSSR count). The van der Waals surface area contributed by atoms with E-state index < -0.39 is 0 Å². The second kappa shape index (κ2) is 7.05. The lowest BCUT2D eigenvalue weighted by Crippen LogP contribution is -2.26. The van der Waals surface area contributed by atoms with Crippen LogP contribution in [-0.2, 0) is 0 Å². The highest BCUT2D eigenvalue weighted by molar-refractivity contribution is 7.21. The highest BCUT2D eigenvalue weighted by atomic mass is 32.1. The number of carbonyl (C=O) groups excluding carboxylic acids is 1. The molecule has 0 bridgehead atoms. The second-order valence-electron chi connectivity index (χ2n) is 5.75. The summed E-state index contributed by atoms with van der Waals surface area (Å²) < 4.78 is 6.60. The van der Waals surface area contributed by atoms with Crippen LogP contribution in [0.2, 0.25) is 0 Å². The Hall–Kier alpha value is -2.33. The van der Waals surface area contributed by atoms with Crippen LogP contribution in [0.25, 0.3) is 10.1 Å². The number of benzene rings is 2. The predicted octanol–water partition coefficient (Wildman–Crippen LogP) is 5.10. The number of fused-ring (bicyclic) bond motifs is 1. The van der Waals surface area contributed by atoms with Crippen molar-refractivity contribution < 1.29 is 9.53 Å². The maximum atomic E-state index is 12.7. The molecule has 0 aliphatic heterocycles. The summed E-state index contributed by atoms with van der Waals surface area (Å²) >= 11 is 1.55. The second-order valence-corrected chi connectivity index (χ2v) is 6.80. The van der Waals surface area contributed by atoms with Crippen molar-refractivity contribution in [1.29, 1.82) is 0 Å². The topological polar surface area (TPSA) is 38.3 Å². The minimum absolute atomic E-state index is 0.0184. The van der Waals surface area contributed by atoms with Gasteiger partial charge in [-0.15, -0.1) is 11.3 Å². The van der Waals surface area contributed by atoms with E-state index in [1.807, 2.05) is 57.2 Å². The summed E-state index contributed by atoms with van der Waals surface area (Å²) in [7, 11) is 0. The molecule has 3 aromatic rings. The van der Waals surface area contributed by atoms with Gasteiger partial charge in [-0.25, -0.2) is 0 Å². The fourth-order valence-corrected chi connectivity index (χ4v) is 3.87. The van der Waals surface area contributed by atoms with E-state index in [0.29, 0.717) is 6.61 Å². The molecular weight excluding hydrogens is 318 g/mol. The fourth-order valence-electron chi connectivity index (χ4n) is 2.76. The lowest BCUT2D eigenvalue weighted by Gasteiger charge is -2.14. The molecule has 124 valence electrons. The zero-order valence-corrected chi connectivity index (χ0v) is 14.9. The number of hydrogen-bond donors (Lipinski definition) is 1. The molecule has 0 spiro atoms. The largest absolute Gasteiger partial charge is 0.494 e. The van der Waals surface area contributed by atoms with Crippen LogP contribution in [0.1, 0.15) is 40.7 Å². The fraction of sp³-hybridized carbons (Fsp3) is 0.250. The molecule has 4 heteroatoms. The molecule has 1 N–H and O–H groups in total. The molecule has 24 heavy (non-hydrogen) atoms. The average Bonchev–Trinajstić information content (AvgIpc) is 2.93. The normalized spacial score (nSPS) is 12.1. The van der Waals surface area contributed by atoms with E-state index in [0.717, 1.165) is 31.8 Å². The molecule has 0 saturated carbocycles. The van der Waals surface area contributed by atoms with Crippen LogP contribution in [-0.4, -0.2) is 12.5 Å². The van der Waals surface area contributed by atoms with Crippen molar-refractivity contribution in [2.75, 3.05) is 6.61 Å². The standard InChI is InChI=1S/C20H21NO2S/c1-4-23-16-11-9-15(10-12-16)14(3)21-20(22)19-13(2)17-7-5-6-8-18(17)24-19/h5-12,14H,4H2,1-3H3,(H,21,22). The summed E-state index contributed by atoms with van der Waals surface area (Å²) in [5.41, 5.74) is 2.11. The zero-order valence-electron chi connectivity index (χ0n) is 14.1. The number of rotatable bonds is 5. The summed E-state index contributed by atoms with van der Waals surface area (Å²) in [5, 5.41) is 4.25. The van der Waals surface area contributed by atoms with E-state index in [2.05, 4.69) is 17.4 Å². The minimum Gasteiger partial charge on any atom is -0.494 e. The Kier molecular flexibility index (Phi) is 4.86. The summed E-state index contributed by atoms with van der Waals surface area (Å²) in [6, 6.07) is 15.9. The molecule has 0 radical (unpaired) electrons. The summed E-state index contributed by atoms with van der Waals surface area (Å²) in [4.78, 5) is 13.4. The number of hydrogen-bond acceptors (Lipinski definition) is 3. The van der Waals surface area contributed by atoms with Crippen LogP contribution in [0.4, 0.5) is 0 Å². The van der Waals surface area contributed by atoms with Gasteiger partial charge in [-0.05, 0) is 55.5 Å². The van der Waals surface area contributed by atoms with Gasteiger partial charge in [0.1, 0.15) is 5.75 Å². The maximum Gasteiger partial charge on any atom is 0.262 e. The van der Waals surface area contributed by atoms with E-state index in [1.54, 1.807) is 11.3 Å². The highest BCUT2D eigenvalue weighted by Gasteiger charge is 2.17. The molecular formula is C20H21NO2S. The van der Waals surface area contributed by atoms with E-state index in [4.69, 9.17) is 4.74 Å². The minimum atomic E-state index is -0.0576. The van der Waals surface area contributed by atoms with Gasteiger partial charge in [0.25, 0.3) is 5.91 Å². The number of nitrogens with one attached hydrogen (secondary N) is 1. The molecule has 1 unspecified atom stereocenters. The van der Waals surface area contributed by atoms with Crippen LogP contribution in [0.15, 0.2) is 48.5 Å². The van der Waals surface area contributed by atoms with Crippen molar-refractivity contribution in [3.8, 4) is 5.75 Å². The Balaban J connectivity index is 1.76. The van der Waals surface area contributed by atoms with Gasteiger partial charge in [0, 0.05) is 4.70 Å². The van der Waals surface area contributed by atoms with Gasteiger partial charge in [-0.2, -0.15) is 0 Å². The monoisotopic (exact) mass is 339 g/mol. The van der Waals surface area contributed by atoms with Crippen molar-refractivity contribution >= 4 is 27.3 Å². The number of aryl methyl sites for hydroxylation is 1. The third-order valence-corrected chi connectivity index (χ3v) is 5.36. The Morgan fingerprint density at radius 2 is 1.88 bits per heavy atom. The molecule has 1 atom stereocenters. The van der Waals surface area contributed by atoms with Gasteiger partial charge in [-0.1, -0.05) is 30.3 Å². The van der Waals surface area contributed by atoms with Crippen molar-refractivity contribution in [1.82, 2.24) is 5.32 Å². The number of thiophene rings is 1. The summed E-state index contributed by atoms with van der Waals surface area (Å²) in [5.74, 6) is 0.829. The Labute approximate surface area is 146 Å². The quantitative estimate of drug-likeness (QED) is 0.702. The summed E-state index contributed by atoms with van der Waals surface area (Å²) in [6.07, 6.45) is 0. The number of carbonyl (C=O) groups is 1. The van der Waals surface area contributed by atoms with E-state index in [-0.39, 0.29) is 11.9 Å². The lowest BCUT2D eigenvalue weighted by molar-refractivity contribution is 0.0943. The molecule has 1 aromatic heterocycles. The molecule has 0 aliphatic rings. The van der Waals surface area contributed by atoms with Gasteiger partial charge >= 0.3 is 0 Å². The Bertz CT molecular complexity index is 852. The Morgan fingerprint density at radius 3 is 2.54 bits per heavy atom. The summed E-state index contributed by atoms with van der Waals surface area (Å²) in [6.45, 7) is 6.62. The third-order valence-electron chi connectivity index (χ3n) is 4.09. The zero-order chi connectivity index (χ0) is 17.1. The predicted molar refractivity (Wildman–Crippen MR) is 100 cm³/mol. The SMILES string of the molecule is CCOc1ccc(C(C)NC(=O)c2sc3ccccc3c2C)cc1. The van der Waals surface area contributed by atoms with Gasteiger partial charge in [0.2, 0.25) is 0 Å². The lowest BCUT2D eigenvalue weighted by atomic mass is 10.1. The molecule has 1 heterocycles. The number of amides is 1. The van der Waals surface area contributed by atoms with E-state index in [9.17, 15) is 4.79 Å². The van der Waals surface area contributed by atoms with E-state index >= 15 is 0 Å². The maximum absolute atomic E-state index is 12.7. The van der Waals surface area contributed by atoms with Crippen LogP contribution in [0.3, 0.4) is 0 Å². The van der Waals surface area contributed by atoms with Gasteiger partial charge < -0.3 is 10.1 Å². The average molecular weight is 339 g/mol. The van der Waals surface area contributed by atoms with Crippen molar-refractivity contribution in [3.05, 3.63) is 64.5 Å².